The van der Waals surface area contributed by atoms with Crippen LogP contribution in [0, 0.1) is 0 Å². The van der Waals surface area contributed by atoms with Gasteiger partial charge in [0.2, 0.25) is 0 Å². The molecule has 1 aromatic heterocycles. The molecule has 0 amide bonds. The summed E-state index contributed by atoms with van der Waals surface area (Å²) < 4.78 is 7.28. The van der Waals surface area contributed by atoms with Gasteiger partial charge in [0.1, 0.15) is 12.2 Å². The molecule has 6 nitrogen and oxygen atoms in total. The highest BCUT2D eigenvalue weighted by atomic mass is 16.5. The smallest absolute Gasteiger partial charge is 0.136 e. The van der Waals surface area contributed by atoms with Crippen LogP contribution < -0.4 is 0 Å². The molecule has 2 aliphatic rings. The fourth-order valence-corrected chi connectivity index (χ4v) is 4.08. The Morgan fingerprint density at radius 1 is 1.26 bits per heavy atom. The van der Waals surface area contributed by atoms with Crippen molar-refractivity contribution in [3.05, 3.63) is 12.2 Å². The maximum atomic E-state index is 10.7. The van der Waals surface area contributed by atoms with E-state index in [9.17, 15) is 5.11 Å². The number of ether oxygens (including phenoxy) is 1. The van der Waals surface area contributed by atoms with E-state index in [1.54, 1.807) is 7.11 Å². The first-order chi connectivity index (χ1) is 11.2. The number of hydrogen-bond donors (Lipinski definition) is 1. The Bertz CT molecular complexity index is 477. The lowest BCUT2D eigenvalue weighted by molar-refractivity contribution is -0.0309. The number of methoxy groups -OCH3 is 1. The molecule has 0 bridgehead atoms. The SMILES string of the molecule is COCCn1cnnc1C1CCN(CC2(O)CCCCC2)CC1. The van der Waals surface area contributed by atoms with Crippen LogP contribution in [0.1, 0.15) is 56.7 Å². The van der Waals surface area contributed by atoms with Crippen molar-refractivity contribution in [2.45, 2.75) is 63.0 Å². The molecule has 3 rings (SSSR count). The molecule has 0 atom stereocenters. The van der Waals surface area contributed by atoms with Crippen LogP contribution in [0.3, 0.4) is 0 Å². The summed E-state index contributed by atoms with van der Waals surface area (Å²) in [4.78, 5) is 2.44. The van der Waals surface area contributed by atoms with Gasteiger partial charge in [0.15, 0.2) is 0 Å². The molecule has 0 radical (unpaired) electrons. The van der Waals surface area contributed by atoms with Crippen molar-refractivity contribution in [2.24, 2.45) is 0 Å². The molecule has 1 saturated carbocycles. The Labute approximate surface area is 138 Å². The molecule has 23 heavy (non-hydrogen) atoms. The van der Waals surface area contributed by atoms with Gasteiger partial charge in [-0.3, -0.25) is 0 Å². The third kappa shape index (κ3) is 4.31. The van der Waals surface area contributed by atoms with Gasteiger partial charge in [0.05, 0.1) is 12.2 Å². The molecule has 6 heteroatoms. The van der Waals surface area contributed by atoms with Crippen molar-refractivity contribution in [1.29, 1.82) is 0 Å². The lowest BCUT2D eigenvalue weighted by Crippen LogP contribution is -2.47. The second-order valence-corrected chi connectivity index (χ2v) is 7.21. The van der Waals surface area contributed by atoms with Crippen LogP contribution in [-0.4, -0.2) is 63.7 Å². The minimum atomic E-state index is -0.441. The lowest BCUT2D eigenvalue weighted by atomic mass is 9.84. The Hall–Kier alpha value is -0.980. The van der Waals surface area contributed by atoms with Crippen LogP contribution in [-0.2, 0) is 11.3 Å². The Morgan fingerprint density at radius 3 is 2.70 bits per heavy atom. The predicted molar refractivity (Wildman–Crippen MR) is 88.3 cm³/mol. The van der Waals surface area contributed by atoms with E-state index in [1.165, 1.54) is 19.3 Å². The number of piperidine rings is 1. The van der Waals surface area contributed by atoms with Gasteiger partial charge in [0.25, 0.3) is 0 Å². The highest BCUT2D eigenvalue weighted by Crippen LogP contribution is 2.32. The zero-order valence-electron chi connectivity index (χ0n) is 14.3. The van der Waals surface area contributed by atoms with E-state index in [0.717, 1.165) is 57.7 Å². The normalized spacial score (nSPS) is 23.2. The number of aromatic nitrogens is 3. The van der Waals surface area contributed by atoms with Crippen molar-refractivity contribution in [3.63, 3.8) is 0 Å². The predicted octanol–water partition coefficient (Wildman–Crippen LogP) is 1.80. The Morgan fingerprint density at radius 2 is 2.00 bits per heavy atom. The molecule has 0 spiro atoms. The first kappa shape index (κ1) is 16.9. The van der Waals surface area contributed by atoms with Crippen molar-refractivity contribution in [2.75, 3.05) is 33.4 Å². The van der Waals surface area contributed by atoms with E-state index in [-0.39, 0.29) is 0 Å². The van der Waals surface area contributed by atoms with E-state index in [4.69, 9.17) is 4.74 Å². The van der Waals surface area contributed by atoms with Gasteiger partial charge >= 0.3 is 0 Å². The molecule has 0 unspecified atom stereocenters. The molecule has 2 heterocycles. The topological polar surface area (TPSA) is 63.4 Å². The summed E-state index contributed by atoms with van der Waals surface area (Å²) in [6, 6.07) is 0. The maximum Gasteiger partial charge on any atom is 0.136 e. The Balaban J connectivity index is 1.51. The summed E-state index contributed by atoms with van der Waals surface area (Å²) in [5, 5.41) is 19.1. The van der Waals surface area contributed by atoms with Crippen LogP contribution in [0.5, 0.6) is 0 Å². The summed E-state index contributed by atoms with van der Waals surface area (Å²) in [5.74, 6) is 1.57. The van der Waals surface area contributed by atoms with E-state index in [1.807, 2.05) is 6.33 Å². The summed E-state index contributed by atoms with van der Waals surface area (Å²) in [6.07, 6.45) is 9.58. The van der Waals surface area contributed by atoms with Gasteiger partial charge in [-0.2, -0.15) is 0 Å². The zero-order chi connectivity index (χ0) is 16.1. The van der Waals surface area contributed by atoms with Gasteiger partial charge in [-0.05, 0) is 38.8 Å². The van der Waals surface area contributed by atoms with Gasteiger partial charge in [-0.1, -0.05) is 19.3 Å². The van der Waals surface area contributed by atoms with E-state index in [0.29, 0.717) is 12.5 Å². The minimum Gasteiger partial charge on any atom is -0.389 e. The van der Waals surface area contributed by atoms with Gasteiger partial charge in [0, 0.05) is 26.1 Å². The van der Waals surface area contributed by atoms with E-state index in [2.05, 4.69) is 19.7 Å². The average molecular weight is 322 g/mol. The molecule has 2 fully saturated rings. The second kappa shape index (κ2) is 7.73. The second-order valence-electron chi connectivity index (χ2n) is 7.21. The molecular formula is C17H30N4O2. The fourth-order valence-electron chi connectivity index (χ4n) is 4.08. The molecule has 1 aliphatic carbocycles. The van der Waals surface area contributed by atoms with Crippen LogP contribution in [0.25, 0.3) is 0 Å². The van der Waals surface area contributed by atoms with Crippen molar-refractivity contribution in [3.8, 4) is 0 Å². The largest absolute Gasteiger partial charge is 0.389 e. The number of nitrogens with zero attached hydrogens (tertiary/aromatic N) is 4. The summed E-state index contributed by atoms with van der Waals surface area (Å²) >= 11 is 0. The first-order valence-electron chi connectivity index (χ1n) is 9.01. The van der Waals surface area contributed by atoms with Crippen LogP contribution >= 0.6 is 0 Å². The van der Waals surface area contributed by atoms with Crippen LogP contribution in [0.4, 0.5) is 0 Å². The first-order valence-corrected chi connectivity index (χ1v) is 9.01. The standard InChI is InChI=1S/C17H30N4O2/c1-23-12-11-21-14-18-19-16(21)15-5-9-20(10-6-15)13-17(22)7-3-2-4-8-17/h14-15,22H,2-13H2,1H3. The summed E-state index contributed by atoms with van der Waals surface area (Å²) in [6.45, 7) is 4.44. The Kier molecular flexibility index (Phi) is 5.67. The maximum absolute atomic E-state index is 10.7. The number of likely N-dealkylation sites (tertiary alicyclic amines) is 1. The summed E-state index contributed by atoms with van der Waals surface area (Å²) in [5.41, 5.74) is -0.441. The molecule has 1 N–H and O–H groups in total. The molecule has 0 aromatic carbocycles. The third-order valence-electron chi connectivity index (χ3n) is 5.44. The van der Waals surface area contributed by atoms with Crippen LogP contribution in [0.2, 0.25) is 0 Å². The number of aliphatic hydroxyl groups is 1. The molecular weight excluding hydrogens is 292 g/mol. The van der Waals surface area contributed by atoms with Crippen molar-refractivity contribution in [1.82, 2.24) is 19.7 Å². The fraction of sp³-hybridized carbons (Fsp3) is 0.882. The minimum absolute atomic E-state index is 0.441. The number of β-amino-alcohol motifs (C(OH)–C–C–N with tert-alkyl or cyclic N) is 1. The third-order valence-corrected chi connectivity index (χ3v) is 5.44. The highest BCUT2D eigenvalue weighted by molar-refractivity contribution is 5.00. The molecule has 1 saturated heterocycles. The van der Waals surface area contributed by atoms with E-state index < -0.39 is 5.60 Å². The molecule has 1 aliphatic heterocycles. The number of hydrogen-bond acceptors (Lipinski definition) is 5. The quantitative estimate of drug-likeness (QED) is 0.865. The zero-order valence-corrected chi connectivity index (χ0v) is 14.3. The van der Waals surface area contributed by atoms with Gasteiger partial charge in [-0.15, -0.1) is 10.2 Å². The van der Waals surface area contributed by atoms with Crippen molar-refractivity contribution < 1.29 is 9.84 Å². The van der Waals surface area contributed by atoms with Crippen LogP contribution in [0.15, 0.2) is 6.33 Å². The average Bonchev–Trinajstić information content (AvgIpc) is 3.02. The molecule has 1 aromatic rings. The van der Waals surface area contributed by atoms with Gasteiger partial charge in [-0.25, -0.2) is 0 Å². The highest BCUT2D eigenvalue weighted by Gasteiger charge is 2.33. The number of rotatable bonds is 6. The van der Waals surface area contributed by atoms with Gasteiger partial charge < -0.3 is 19.3 Å². The monoisotopic (exact) mass is 322 g/mol. The summed E-state index contributed by atoms with van der Waals surface area (Å²) in [7, 11) is 1.72. The van der Waals surface area contributed by atoms with Crippen molar-refractivity contribution >= 4 is 0 Å². The van der Waals surface area contributed by atoms with E-state index >= 15 is 0 Å². The lowest BCUT2D eigenvalue weighted by Gasteiger charge is -2.39. The molecule has 130 valence electrons.